The van der Waals surface area contributed by atoms with E-state index in [0.29, 0.717) is 0 Å². The lowest BCUT2D eigenvalue weighted by Gasteiger charge is -2.08. The van der Waals surface area contributed by atoms with Gasteiger partial charge in [0.05, 0.1) is 14.5 Å². The van der Waals surface area contributed by atoms with Crippen molar-refractivity contribution >= 4 is 45.1 Å². The zero-order chi connectivity index (χ0) is 11.6. The quantitative estimate of drug-likeness (QED) is 0.687. The molecule has 0 fully saturated rings. The third kappa shape index (κ3) is 2.96. The van der Waals surface area contributed by atoms with Crippen molar-refractivity contribution in [2.24, 2.45) is 0 Å². The number of benzene rings is 1. The van der Waals surface area contributed by atoms with E-state index in [1.165, 1.54) is 0 Å². The molecule has 1 N–H and O–H groups in total. The zero-order valence-electron chi connectivity index (χ0n) is 7.06. The van der Waals surface area contributed by atoms with Gasteiger partial charge in [0, 0.05) is 6.07 Å². The van der Waals surface area contributed by atoms with E-state index in [1.54, 1.807) is 0 Å². The van der Waals surface area contributed by atoms with E-state index >= 15 is 0 Å². The monoisotopic (exact) mass is 316 g/mol. The summed E-state index contributed by atoms with van der Waals surface area (Å²) in [5.74, 6) is -1.86. The summed E-state index contributed by atoms with van der Waals surface area (Å²) < 4.78 is 18.1. The molecule has 0 spiro atoms. The van der Waals surface area contributed by atoms with Crippen LogP contribution in [0.3, 0.4) is 0 Å². The second-order valence-electron chi connectivity index (χ2n) is 2.48. The smallest absolute Gasteiger partial charge is 0.341 e. The predicted molar refractivity (Wildman–Crippen MR) is 57.3 cm³/mol. The first-order valence-electron chi connectivity index (χ1n) is 3.61. The molecule has 1 aromatic carbocycles. The van der Waals surface area contributed by atoms with E-state index in [-0.39, 0.29) is 20.3 Å². The number of hydrogen-bond donors (Lipinski definition) is 1. The summed E-state index contributed by atoms with van der Waals surface area (Å²) in [6.07, 6.45) is 0. The molecule has 0 saturated carbocycles. The van der Waals surface area contributed by atoms with Gasteiger partial charge in [-0.3, -0.25) is 0 Å². The Hall–Kier alpha value is -0.520. The van der Waals surface area contributed by atoms with Gasteiger partial charge in [-0.25, -0.2) is 9.18 Å². The Bertz CT molecular complexity index is 411. The van der Waals surface area contributed by atoms with Crippen LogP contribution in [0.15, 0.2) is 10.5 Å². The van der Waals surface area contributed by atoms with Crippen LogP contribution in [0, 0.1) is 5.82 Å². The molecule has 0 saturated heterocycles. The fourth-order valence-electron chi connectivity index (χ4n) is 0.796. The summed E-state index contributed by atoms with van der Waals surface area (Å²) in [7, 11) is 0. The minimum atomic E-state index is -1.15. The highest BCUT2D eigenvalue weighted by Crippen LogP contribution is 2.38. The van der Waals surface area contributed by atoms with Crippen LogP contribution in [0.2, 0.25) is 10.0 Å². The molecule has 3 nitrogen and oxygen atoms in total. The largest absolute Gasteiger partial charge is 0.481 e. The van der Waals surface area contributed by atoms with Crippen LogP contribution in [-0.4, -0.2) is 17.7 Å². The van der Waals surface area contributed by atoms with E-state index in [2.05, 4.69) is 15.9 Å². The lowest BCUT2D eigenvalue weighted by atomic mass is 10.3. The van der Waals surface area contributed by atoms with Crippen molar-refractivity contribution < 1.29 is 19.0 Å². The number of carboxylic acids is 1. The molecule has 15 heavy (non-hydrogen) atoms. The third-order valence-electron chi connectivity index (χ3n) is 1.42. The number of carbonyl (C=O) groups is 1. The maximum atomic E-state index is 13.1. The van der Waals surface area contributed by atoms with Crippen molar-refractivity contribution in [2.75, 3.05) is 6.61 Å². The third-order valence-corrected chi connectivity index (χ3v) is 3.07. The molecule has 7 heteroatoms. The van der Waals surface area contributed by atoms with E-state index < -0.39 is 18.4 Å². The lowest BCUT2D eigenvalue weighted by molar-refractivity contribution is -0.139. The van der Waals surface area contributed by atoms with Crippen LogP contribution < -0.4 is 4.74 Å². The molecule has 0 atom stereocenters. The molecular weight excluding hydrogens is 314 g/mol. The van der Waals surface area contributed by atoms with E-state index in [4.69, 9.17) is 33.0 Å². The maximum absolute atomic E-state index is 13.1. The van der Waals surface area contributed by atoms with Gasteiger partial charge >= 0.3 is 5.97 Å². The highest BCUT2D eigenvalue weighted by Gasteiger charge is 2.15. The number of halogens is 4. The lowest BCUT2D eigenvalue weighted by Crippen LogP contribution is -2.10. The molecule has 1 rings (SSSR count). The molecule has 0 aliphatic heterocycles. The molecule has 0 radical (unpaired) electrons. The molecule has 0 aliphatic rings. The zero-order valence-corrected chi connectivity index (χ0v) is 10.2. The van der Waals surface area contributed by atoms with E-state index in [9.17, 15) is 9.18 Å². The number of hydrogen-bond acceptors (Lipinski definition) is 2. The molecule has 1 aromatic rings. The van der Waals surface area contributed by atoms with Crippen LogP contribution in [0.5, 0.6) is 5.75 Å². The van der Waals surface area contributed by atoms with Crippen LogP contribution >= 0.6 is 39.1 Å². The Morgan fingerprint density at radius 1 is 1.60 bits per heavy atom. The average molecular weight is 318 g/mol. The summed E-state index contributed by atoms with van der Waals surface area (Å²) in [5.41, 5.74) is 0. The highest BCUT2D eigenvalue weighted by atomic mass is 79.9. The molecule has 0 aromatic heterocycles. The molecule has 0 bridgehead atoms. The Balaban J connectivity index is 3.04. The molecule has 0 unspecified atom stereocenters. The maximum Gasteiger partial charge on any atom is 0.341 e. The van der Waals surface area contributed by atoms with Crippen LogP contribution in [-0.2, 0) is 4.79 Å². The number of aliphatic carboxylic acids is 1. The summed E-state index contributed by atoms with van der Waals surface area (Å²) in [5, 5.41) is 7.90. The van der Waals surface area contributed by atoms with Crippen molar-refractivity contribution in [3.05, 3.63) is 26.4 Å². The van der Waals surface area contributed by atoms with Crippen molar-refractivity contribution in [3.8, 4) is 5.75 Å². The first-order chi connectivity index (χ1) is 6.93. The van der Waals surface area contributed by atoms with Crippen LogP contribution in [0.1, 0.15) is 0 Å². The summed E-state index contributed by atoms with van der Waals surface area (Å²) in [6.45, 7) is -0.559. The fraction of sp³-hybridized carbons (Fsp3) is 0.125. The molecule has 0 aliphatic carbocycles. The average Bonchev–Trinajstić information content (AvgIpc) is 2.18. The van der Waals surface area contributed by atoms with Gasteiger partial charge in [0.2, 0.25) is 0 Å². The van der Waals surface area contributed by atoms with Gasteiger partial charge in [-0.15, -0.1) is 0 Å². The summed E-state index contributed by atoms with van der Waals surface area (Å²) in [6, 6.07) is 1.15. The van der Waals surface area contributed by atoms with Crippen molar-refractivity contribution in [1.29, 1.82) is 0 Å². The second-order valence-corrected chi connectivity index (χ2v) is 4.06. The van der Waals surface area contributed by atoms with Gasteiger partial charge in [-0.2, -0.15) is 0 Å². The van der Waals surface area contributed by atoms with Crippen LogP contribution in [0.25, 0.3) is 0 Å². The molecule has 0 heterocycles. The summed E-state index contributed by atoms with van der Waals surface area (Å²) >= 11 is 14.0. The number of rotatable bonds is 3. The van der Waals surface area contributed by atoms with Gasteiger partial charge in [0.15, 0.2) is 12.4 Å². The summed E-state index contributed by atoms with van der Waals surface area (Å²) in [4.78, 5) is 10.2. The number of carboxylic acid groups (broad SMARTS) is 1. The SMILES string of the molecule is O=C(O)COc1cc(Cl)c(F)c(Cl)c1Br. The Labute approximate surface area is 103 Å². The minimum Gasteiger partial charge on any atom is -0.481 e. The van der Waals surface area contributed by atoms with Crippen molar-refractivity contribution in [1.82, 2.24) is 0 Å². The second kappa shape index (κ2) is 5.01. The van der Waals surface area contributed by atoms with Crippen LogP contribution in [0.4, 0.5) is 4.39 Å². The standard InChI is InChI=1S/C8H4BrCl2FO3/c9-6-4(15-2-5(13)14)1-3(10)8(12)7(6)11/h1H,2H2,(H,13,14). The van der Waals surface area contributed by atoms with Gasteiger partial charge in [0.25, 0.3) is 0 Å². The van der Waals surface area contributed by atoms with E-state index in [0.717, 1.165) is 6.07 Å². The first kappa shape index (κ1) is 12.5. The number of ether oxygens (including phenoxy) is 1. The van der Waals surface area contributed by atoms with Crippen molar-refractivity contribution in [2.45, 2.75) is 0 Å². The van der Waals surface area contributed by atoms with Gasteiger partial charge in [-0.1, -0.05) is 23.2 Å². The van der Waals surface area contributed by atoms with Crippen molar-refractivity contribution in [3.63, 3.8) is 0 Å². The van der Waals surface area contributed by atoms with Gasteiger partial charge < -0.3 is 9.84 Å². The van der Waals surface area contributed by atoms with Gasteiger partial charge in [-0.05, 0) is 15.9 Å². The van der Waals surface area contributed by atoms with E-state index in [1.807, 2.05) is 0 Å². The van der Waals surface area contributed by atoms with Gasteiger partial charge in [0.1, 0.15) is 5.75 Å². The highest BCUT2D eigenvalue weighted by molar-refractivity contribution is 9.10. The topological polar surface area (TPSA) is 46.5 Å². The Kier molecular flexibility index (Phi) is 4.19. The Morgan fingerprint density at radius 3 is 2.73 bits per heavy atom. The normalized spacial score (nSPS) is 10.1. The fourth-order valence-corrected chi connectivity index (χ4v) is 1.64. The minimum absolute atomic E-state index is 0.0776. The molecule has 82 valence electrons. The molecule has 0 amide bonds. The predicted octanol–water partition coefficient (Wildman–Crippen LogP) is 3.36. The Morgan fingerprint density at radius 2 is 2.20 bits per heavy atom. The molecular formula is C8H4BrCl2FO3. The first-order valence-corrected chi connectivity index (χ1v) is 5.16.